The third-order valence-corrected chi connectivity index (χ3v) is 3.54. The van der Waals surface area contributed by atoms with E-state index in [1.807, 2.05) is 0 Å². The summed E-state index contributed by atoms with van der Waals surface area (Å²) < 4.78 is 0. The van der Waals surface area contributed by atoms with Gasteiger partial charge in [-0.1, -0.05) is 54.1 Å². The van der Waals surface area contributed by atoms with Gasteiger partial charge in [-0.2, -0.15) is 0 Å². The van der Waals surface area contributed by atoms with Crippen molar-refractivity contribution in [3.63, 3.8) is 0 Å². The van der Waals surface area contributed by atoms with Crippen LogP contribution in [0.1, 0.15) is 28.2 Å². The molecule has 1 heterocycles. The molecule has 17 heavy (non-hydrogen) atoms. The standard InChI is InChI=1S/C16H17N/c1-12-5-4-7-13(9-12)16-11-17-10-14-6-2-3-8-15(14)16/h2-9,16-17H,10-11H2,1H3. The molecule has 0 aromatic heterocycles. The molecule has 0 fully saturated rings. The maximum Gasteiger partial charge on any atom is 0.0218 e. The number of rotatable bonds is 1. The normalized spacial score (nSPS) is 18.8. The van der Waals surface area contributed by atoms with Crippen molar-refractivity contribution in [3.05, 3.63) is 70.8 Å². The molecule has 0 radical (unpaired) electrons. The first-order valence-electron chi connectivity index (χ1n) is 6.19. The molecular weight excluding hydrogens is 206 g/mol. The molecule has 3 rings (SSSR count). The van der Waals surface area contributed by atoms with Gasteiger partial charge in [0, 0.05) is 19.0 Å². The fraction of sp³-hybridized carbons (Fsp3) is 0.250. The Labute approximate surface area is 102 Å². The van der Waals surface area contributed by atoms with E-state index in [1.54, 1.807) is 0 Å². The van der Waals surface area contributed by atoms with Gasteiger partial charge in [-0.15, -0.1) is 0 Å². The summed E-state index contributed by atoms with van der Waals surface area (Å²) in [5, 5.41) is 3.51. The third-order valence-electron chi connectivity index (χ3n) is 3.54. The van der Waals surface area contributed by atoms with Crippen LogP contribution in [0.2, 0.25) is 0 Å². The largest absolute Gasteiger partial charge is 0.312 e. The molecule has 0 amide bonds. The first kappa shape index (κ1) is 10.5. The Hall–Kier alpha value is -1.60. The molecule has 0 bridgehead atoms. The third kappa shape index (κ3) is 1.98. The Morgan fingerprint density at radius 2 is 1.94 bits per heavy atom. The average molecular weight is 223 g/mol. The van der Waals surface area contributed by atoms with Crippen LogP contribution in [0.5, 0.6) is 0 Å². The summed E-state index contributed by atoms with van der Waals surface area (Å²) >= 11 is 0. The van der Waals surface area contributed by atoms with E-state index < -0.39 is 0 Å². The predicted molar refractivity (Wildman–Crippen MR) is 71.2 cm³/mol. The summed E-state index contributed by atoms with van der Waals surface area (Å²) in [5.41, 5.74) is 5.68. The summed E-state index contributed by atoms with van der Waals surface area (Å²) in [6.45, 7) is 4.20. The van der Waals surface area contributed by atoms with Crippen LogP contribution in [-0.4, -0.2) is 6.54 Å². The summed E-state index contributed by atoms with van der Waals surface area (Å²) in [5.74, 6) is 0.500. The Balaban J connectivity index is 2.06. The van der Waals surface area contributed by atoms with Crippen molar-refractivity contribution in [2.75, 3.05) is 6.54 Å². The van der Waals surface area contributed by atoms with Crippen LogP contribution in [0.15, 0.2) is 48.5 Å². The zero-order chi connectivity index (χ0) is 11.7. The Bertz CT molecular complexity index is 531. The lowest BCUT2D eigenvalue weighted by Crippen LogP contribution is -2.28. The molecule has 1 unspecified atom stereocenters. The van der Waals surface area contributed by atoms with Crippen LogP contribution in [0.4, 0.5) is 0 Å². The number of fused-ring (bicyclic) bond motifs is 1. The first-order chi connectivity index (χ1) is 8.34. The van der Waals surface area contributed by atoms with E-state index in [1.165, 1.54) is 22.3 Å². The van der Waals surface area contributed by atoms with Gasteiger partial charge in [0.05, 0.1) is 0 Å². The number of aryl methyl sites for hydroxylation is 1. The van der Waals surface area contributed by atoms with Gasteiger partial charge in [-0.3, -0.25) is 0 Å². The lowest BCUT2D eigenvalue weighted by molar-refractivity contribution is 0.591. The molecule has 1 aliphatic heterocycles. The fourth-order valence-corrected chi connectivity index (χ4v) is 2.68. The van der Waals surface area contributed by atoms with Crippen LogP contribution in [-0.2, 0) is 6.54 Å². The average Bonchev–Trinajstić information content (AvgIpc) is 2.38. The summed E-state index contributed by atoms with van der Waals surface area (Å²) in [4.78, 5) is 0. The minimum absolute atomic E-state index is 0.500. The Morgan fingerprint density at radius 3 is 2.82 bits per heavy atom. The first-order valence-corrected chi connectivity index (χ1v) is 6.19. The van der Waals surface area contributed by atoms with E-state index in [4.69, 9.17) is 0 Å². The molecule has 0 saturated heterocycles. The smallest absolute Gasteiger partial charge is 0.0218 e. The molecule has 1 aliphatic rings. The number of benzene rings is 2. The molecule has 2 aromatic carbocycles. The van der Waals surface area contributed by atoms with Crippen LogP contribution in [0.3, 0.4) is 0 Å². The van der Waals surface area contributed by atoms with Crippen molar-refractivity contribution in [2.24, 2.45) is 0 Å². The van der Waals surface area contributed by atoms with Gasteiger partial charge in [-0.25, -0.2) is 0 Å². The maximum atomic E-state index is 3.51. The lowest BCUT2D eigenvalue weighted by atomic mass is 9.85. The summed E-state index contributed by atoms with van der Waals surface area (Å²) in [6, 6.07) is 17.6. The van der Waals surface area contributed by atoms with Gasteiger partial charge in [-0.05, 0) is 23.6 Å². The van der Waals surface area contributed by atoms with E-state index in [2.05, 4.69) is 60.8 Å². The second kappa shape index (κ2) is 4.34. The number of hydrogen-bond acceptors (Lipinski definition) is 1. The molecule has 0 spiro atoms. The van der Waals surface area contributed by atoms with E-state index in [0.717, 1.165) is 13.1 Å². The molecule has 1 heteroatoms. The van der Waals surface area contributed by atoms with Gasteiger partial charge in [0.2, 0.25) is 0 Å². The Kier molecular flexibility index (Phi) is 2.69. The van der Waals surface area contributed by atoms with Gasteiger partial charge in [0.25, 0.3) is 0 Å². The monoisotopic (exact) mass is 223 g/mol. The molecule has 2 aromatic rings. The molecular formula is C16H17N. The van der Waals surface area contributed by atoms with Gasteiger partial charge < -0.3 is 5.32 Å². The van der Waals surface area contributed by atoms with E-state index in [0.29, 0.717) is 5.92 Å². The van der Waals surface area contributed by atoms with Crippen molar-refractivity contribution in [1.29, 1.82) is 0 Å². The Morgan fingerprint density at radius 1 is 1.06 bits per heavy atom. The highest BCUT2D eigenvalue weighted by atomic mass is 14.9. The predicted octanol–water partition coefficient (Wildman–Crippen LogP) is 3.23. The van der Waals surface area contributed by atoms with Gasteiger partial charge in [0.15, 0.2) is 0 Å². The van der Waals surface area contributed by atoms with Gasteiger partial charge >= 0.3 is 0 Å². The SMILES string of the molecule is Cc1cccc(C2CNCc3ccccc32)c1. The van der Waals surface area contributed by atoms with Crippen molar-refractivity contribution < 1.29 is 0 Å². The zero-order valence-electron chi connectivity index (χ0n) is 10.1. The van der Waals surface area contributed by atoms with Crippen molar-refractivity contribution in [3.8, 4) is 0 Å². The molecule has 86 valence electrons. The molecule has 1 nitrogen and oxygen atoms in total. The summed E-state index contributed by atoms with van der Waals surface area (Å²) in [7, 11) is 0. The topological polar surface area (TPSA) is 12.0 Å². The highest BCUT2D eigenvalue weighted by molar-refractivity contribution is 5.41. The van der Waals surface area contributed by atoms with Crippen LogP contribution >= 0.6 is 0 Å². The maximum absolute atomic E-state index is 3.51. The van der Waals surface area contributed by atoms with Crippen molar-refractivity contribution in [1.82, 2.24) is 5.32 Å². The van der Waals surface area contributed by atoms with E-state index in [-0.39, 0.29) is 0 Å². The van der Waals surface area contributed by atoms with Crippen LogP contribution in [0, 0.1) is 6.92 Å². The van der Waals surface area contributed by atoms with Crippen LogP contribution < -0.4 is 5.32 Å². The minimum Gasteiger partial charge on any atom is -0.312 e. The van der Waals surface area contributed by atoms with Crippen molar-refractivity contribution >= 4 is 0 Å². The zero-order valence-corrected chi connectivity index (χ0v) is 10.1. The summed E-state index contributed by atoms with van der Waals surface area (Å²) in [6.07, 6.45) is 0. The second-order valence-electron chi connectivity index (χ2n) is 4.80. The van der Waals surface area contributed by atoms with Crippen LogP contribution in [0.25, 0.3) is 0 Å². The van der Waals surface area contributed by atoms with E-state index >= 15 is 0 Å². The fourth-order valence-electron chi connectivity index (χ4n) is 2.68. The van der Waals surface area contributed by atoms with Gasteiger partial charge in [0.1, 0.15) is 0 Å². The number of nitrogens with one attached hydrogen (secondary N) is 1. The molecule has 0 aliphatic carbocycles. The minimum atomic E-state index is 0.500. The lowest BCUT2D eigenvalue weighted by Gasteiger charge is -2.27. The van der Waals surface area contributed by atoms with Crippen molar-refractivity contribution in [2.45, 2.75) is 19.4 Å². The molecule has 1 N–H and O–H groups in total. The highest BCUT2D eigenvalue weighted by Crippen LogP contribution is 2.30. The molecule has 0 saturated carbocycles. The van der Waals surface area contributed by atoms with E-state index in [9.17, 15) is 0 Å². The second-order valence-corrected chi connectivity index (χ2v) is 4.80. The molecule has 1 atom stereocenters. The highest BCUT2D eigenvalue weighted by Gasteiger charge is 2.20. The number of hydrogen-bond donors (Lipinski definition) is 1. The quantitative estimate of drug-likeness (QED) is 0.782.